The minimum Gasteiger partial charge on any atom is -0.394 e. The number of carbonyl (C=O) groups is 1. The second-order valence-electron chi connectivity index (χ2n) is 9.51. The molecule has 2 heterocycles. The number of anilines is 1. The number of benzene rings is 2. The maximum Gasteiger partial charge on any atom is 0.226 e. The van der Waals surface area contributed by atoms with Crippen molar-refractivity contribution < 1.29 is 9.90 Å². The minimum absolute atomic E-state index is 0.0336. The molecule has 2 aromatic carbocycles. The molecule has 5 rings (SSSR count). The van der Waals surface area contributed by atoms with Crippen molar-refractivity contribution >= 4 is 11.6 Å². The summed E-state index contributed by atoms with van der Waals surface area (Å²) in [7, 11) is 2.07. The van der Waals surface area contributed by atoms with Crippen LogP contribution in [0.25, 0.3) is 0 Å². The molecule has 4 heteroatoms. The van der Waals surface area contributed by atoms with Crippen molar-refractivity contribution in [2.75, 3.05) is 25.1 Å². The van der Waals surface area contributed by atoms with E-state index < -0.39 is 0 Å². The summed E-state index contributed by atoms with van der Waals surface area (Å²) in [6, 6.07) is 16.5. The van der Waals surface area contributed by atoms with Crippen LogP contribution in [-0.2, 0) is 4.79 Å². The van der Waals surface area contributed by atoms with E-state index in [4.69, 9.17) is 0 Å². The van der Waals surface area contributed by atoms with Crippen molar-refractivity contribution in [1.29, 1.82) is 0 Å². The first kappa shape index (κ1) is 21.1. The Hall–Kier alpha value is -2.77. The van der Waals surface area contributed by atoms with Crippen LogP contribution in [0.2, 0.25) is 0 Å². The molecule has 0 bridgehead atoms. The van der Waals surface area contributed by atoms with Crippen molar-refractivity contribution in [3.8, 4) is 11.8 Å². The van der Waals surface area contributed by atoms with Gasteiger partial charge in [0.15, 0.2) is 0 Å². The molecule has 3 aliphatic rings. The lowest BCUT2D eigenvalue weighted by Crippen LogP contribution is -2.49. The predicted octanol–water partition coefficient (Wildman–Crippen LogP) is 4.37. The summed E-state index contributed by atoms with van der Waals surface area (Å²) in [6.07, 6.45) is 6.56. The number of aliphatic hydroxyl groups excluding tert-OH is 1. The monoisotopic (exact) mass is 428 g/mol. The highest BCUT2D eigenvalue weighted by atomic mass is 16.3. The highest BCUT2D eigenvalue weighted by Crippen LogP contribution is 2.49. The van der Waals surface area contributed by atoms with E-state index in [1.165, 1.54) is 12.0 Å². The summed E-state index contributed by atoms with van der Waals surface area (Å²) in [6.45, 7) is 0.895. The fourth-order valence-corrected chi connectivity index (χ4v) is 6.03. The third kappa shape index (κ3) is 3.80. The zero-order valence-corrected chi connectivity index (χ0v) is 18.8. The van der Waals surface area contributed by atoms with E-state index in [1.54, 1.807) is 0 Å². The first-order chi connectivity index (χ1) is 15.7. The van der Waals surface area contributed by atoms with Gasteiger partial charge in [0, 0.05) is 42.2 Å². The standard InChI is InChI=1S/C28H32N2O2/c1-29-25-15-14-21(13-12-20-8-4-2-5-9-20)18-24(25)27-23(26(29)19-31)16-17-30(27)28(32)22-10-6-3-7-11-22/h2,4-5,8-9,14-15,18,22-23,26-27,31H,3,6-7,10-11,16-17,19H2,1H3/t23-,26+,27-/m0/s1. The molecule has 3 atom stereocenters. The van der Waals surface area contributed by atoms with Gasteiger partial charge in [0.2, 0.25) is 5.91 Å². The zero-order chi connectivity index (χ0) is 22.1. The number of fused-ring (bicyclic) bond motifs is 3. The van der Waals surface area contributed by atoms with E-state index in [9.17, 15) is 9.90 Å². The van der Waals surface area contributed by atoms with Crippen LogP contribution in [0, 0.1) is 23.7 Å². The Bertz CT molecular complexity index is 1030. The lowest BCUT2D eigenvalue weighted by Gasteiger charge is -2.45. The van der Waals surface area contributed by atoms with Gasteiger partial charge in [-0.05, 0) is 55.2 Å². The summed E-state index contributed by atoms with van der Waals surface area (Å²) >= 11 is 0. The molecule has 166 valence electrons. The van der Waals surface area contributed by atoms with Crippen molar-refractivity contribution in [2.24, 2.45) is 11.8 Å². The van der Waals surface area contributed by atoms with Gasteiger partial charge in [-0.3, -0.25) is 4.79 Å². The average molecular weight is 429 g/mol. The van der Waals surface area contributed by atoms with Crippen molar-refractivity contribution in [3.05, 3.63) is 65.2 Å². The van der Waals surface area contributed by atoms with Gasteiger partial charge >= 0.3 is 0 Å². The third-order valence-corrected chi connectivity index (χ3v) is 7.71. The normalized spacial score (nSPS) is 25.0. The molecule has 0 radical (unpaired) electrons. The Kier molecular flexibility index (Phi) is 5.93. The van der Waals surface area contributed by atoms with E-state index in [0.717, 1.165) is 55.5 Å². The van der Waals surface area contributed by atoms with Crippen LogP contribution >= 0.6 is 0 Å². The highest BCUT2D eigenvalue weighted by molar-refractivity contribution is 5.80. The molecule has 1 aliphatic carbocycles. The van der Waals surface area contributed by atoms with E-state index in [0.29, 0.717) is 5.91 Å². The van der Waals surface area contributed by atoms with Crippen LogP contribution in [0.3, 0.4) is 0 Å². The SMILES string of the molecule is CN1c2ccc(C#Cc3ccccc3)cc2[C@@H]2[C@@H](CCN2C(=O)C2CCCCC2)[C@H]1CO. The molecular weight excluding hydrogens is 396 g/mol. The van der Waals surface area contributed by atoms with Gasteiger partial charge < -0.3 is 14.9 Å². The number of likely N-dealkylation sites (N-methyl/N-ethyl adjacent to an activating group) is 1. The van der Waals surface area contributed by atoms with Crippen LogP contribution in [-0.4, -0.2) is 42.2 Å². The van der Waals surface area contributed by atoms with Gasteiger partial charge in [-0.2, -0.15) is 0 Å². The third-order valence-electron chi connectivity index (χ3n) is 7.71. The summed E-state index contributed by atoms with van der Waals surface area (Å²) < 4.78 is 0. The minimum atomic E-state index is 0.0336. The summed E-state index contributed by atoms with van der Waals surface area (Å²) in [5.41, 5.74) is 4.26. The van der Waals surface area contributed by atoms with Gasteiger partial charge in [-0.25, -0.2) is 0 Å². The number of amides is 1. The number of aliphatic hydroxyl groups is 1. The van der Waals surface area contributed by atoms with E-state index in [1.807, 2.05) is 30.3 Å². The maximum absolute atomic E-state index is 13.6. The van der Waals surface area contributed by atoms with E-state index in [2.05, 4.69) is 46.9 Å². The number of hydrogen-bond acceptors (Lipinski definition) is 3. The fourth-order valence-electron chi connectivity index (χ4n) is 6.03. The van der Waals surface area contributed by atoms with Crippen molar-refractivity contribution in [2.45, 2.75) is 50.6 Å². The number of likely N-dealkylation sites (tertiary alicyclic amines) is 1. The first-order valence-electron chi connectivity index (χ1n) is 12.0. The summed E-state index contributed by atoms with van der Waals surface area (Å²) in [5.74, 6) is 7.32. The Morgan fingerprint density at radius 3 is 2.50 bits per heavy atom. The fraction of sp³-hybridized carbons (Fsp3) is 0.464. The average Bonchev–Trinajstić information content (AvgIpc) is 3.29. The molecule has 2 aromatic rings. The number of rotatable bonds is 2. The second kappa shape index (κ2) is 9.00. The molecule has 0 unspecified atom stereocenters. The maximum atomic E-state index is 13.6. The summed E-state index contributed by atoms with van der Waals surface area (Å²) in [4.78, 5) is 17.9. The number of nitrogens with zero attached hydrogens (tertiary/aromatic N) is 2. The van der Waals surface area contributed by atoms with Gasteiger partial charge in [0.25, 0.3) is 0 Å². The molecule has 1 saturated heterocycles. The topological polar surface area (TPSA) is 43.8 Å². The Morgan fingerprint density at radius 1 is 1.00 bits per heavy atom. The largest absolute Gasteiger partial charge is 0.394 e. The van der Waals surface area contributed by atoms with Crippen LogP contribution in [0.15, 0.2) is 48.5 Å². The zero-order valence-electron chi connectivity index (χ0n) is 18.8. The van der Waals surface area contributed by atoms with Gasteiger partial charge in [-0.15, -0.1) is 0 Å². The molecule has 4 nitrogen and oxygen atoms in total. The molecule has 32 heavy (non-hydrogen) atoms. The van der Waals surface area contributed by atoms with Gasteiger partial charge in [-0.1, -0.05) is 49.3 Å². The highest BCUT2D eigenvalue weighted by Gasteiger charge is 2.48. The molecule has 1 amide bonds. The Balaban J connectivity index is 1.51. The molecule has 1 N–H and O–H groups in total. The molecular formula is C28H32N2O2. The number of hydrogen-bond donors (Lipinski definition) is 1. The van der Waals surface area contributed by atoms with Crippen LogP contribution in [0.1, 0.15) is 61.3 Å². The lowest BCUT2D eigenvalue weighted by atomic mass is 9.81. The molecule has 0 aromatic heterocycles. The Labute approximate surface area is 191 Å². The van der Waals surface area contributed by atoms with Crippen LogP contribution < -0.4 is 4.90 Å². The smallest absolute Gasteiger partial charge is 0.226 e. The molecule has 1 saturated carbocycles. The predicted molar refractivity (Wildman–Crippen MR) is 127 cm³/mol. The lowest BCUT2D eigenvalue weighted by molar-refractivity contribution is -0.138. The quantitative estimate of drug-likeness (QED) is 0.723. The van der Waals surface area contributed by atoms with Gasteiger partial charge in [0.05, 0.1) is 18.7 Å². The molecule has 2 aliphatic heterocycles. The molecule has 2 fully saturated rings. The second-order valence-corrected chi connectivity index (χ2v) is 9.51. The van der Waals surface area contributed by atoms with Crippen LogP contribution in [0.4, 0.5) is 5.69 Å². The number of carbonyl (C=O) groups excluding carboxylic acids is 1. The van der Waals surface area contributed by atoms with E-state index in [-0.39, 0.29) is 30.5 Å². The van der Waals surface area contributed by atoms with Gasteiger partial charge in [0.1, 0.15) is 0 Å². The Morgan fingerprint density at radius 2 is 1.75 bits per heavy atom. The van der Waals surface area contributed by atoms with Crippen molar-refractivity contribution in [1.82, 2.24) is 4.90 Å². The van der Waals surface area contributed by atoms with E-state index >= 15 is 0 Å². The van der Waals surface area contributed by atoms with Crippen LogP contribution in [0.5, 0.6) is 0 Å². The first-order valence-corrected chi connectivity index (χ1v) is 12.0. The molecule has 0 spiro atoms. The summed E-state index contributed by atoms with van der Waals surface area (Å²) in [5, 5.41) is 10.2. The van der Waals surface area contributed by atoms with Crippen molar-refractivity contribution in [3.63, 3.8) is 0 Å².